The van der Waals surface area contributed by atoms with Crippen LogP contribution in [0, 0.1) is 0 Å². The van der Waals surface area contributed by atoms with Crippen LogP contribution in [0.5, 0.6) is 0 Å². The van der Waals surface area contributed by atoms with E-state index < -0.39 is 5.60 Å². The quantitative estimate of drug-likeness (QED) is 0.798. The molecular weight excluding hydrogens is 244 g/mol. The van der Waals surface area contributed by atoms with Crippen molar-refractivity contribution in [2.45, 2.75) is 36.1 Å². The molecule has 0 bridgehead atoms. The topological polar surface area (TPSA) is 59.1 Å². The van der Waals surface area contributed by atoms with E-state index in [2.05, 4.69) is 4.98 Å². The lowest BCUT2D eigenvalue weighted by Gasteiger charge is -2.24. The van der Waals surface area contributed by atoms with E-state index >= 15 is 0 Å². The van der Waals surface area contributed by atoms with Gasteiger partial charge in [-0.15, -0.1) is 11.8 Å². The predicted molar refractivity (Wildman–Crippen MR) is 68.9 cm³/mol. The highest BCUT2D eigenvalue weighted by molar-refractivity contribution is 7.99. The molecule has 0 aliphatic rings. The number of thioether (sulfide) groups is 1. The molecule has 0 radical (unpaired) electrons. The standard InChI is InChI=1S/C11H17ClN2OS/c1-8(6-11(2,15)7-13)16-10-9(12)4-3-5-14-10/h3-5,8,15H,6-7,13H2,1-2H3. The Morgan fingerprint density at radius 2 is 2.38 bits per heavy atom. The highest BCUT2D eigenvalue weighted by Crippen LogP contribution is 2.31. The third kappa shape index (κ3) is 4.29. The number of pyridine rings is 1. The minimum atomic E-state index is -0.826. The highest BCUT2D eigenvalue weighted by Gasteiger charge is 2.22. The fraction of sp³-hybridized carbons (Fsp3) is 0.545. The lowest BCUT2D eigenvalue weighted by atomic mass is 10.0. The van der Waals surface area contributed by atoms with Gasteiger partial charge in [0.1, 0.15) is 5.03 Å². The van der Waals surface area contributed by atoms with Crippen LogP contribution in [0.15, 0.2) is 23.4 Å². The van der Waals surface area contributed by atoms with E-state index in [1.165, 1.54) is 0 Å². The molecule has 1 aromatic heterocycles. The second-order valence-corrected chi connectivity index (χ2v) is 5.96. The normalized spacial score (nSPS) is 16.8. The SMILES string of the molecule is CC(CC(C)(O)CN)Sc1ncccc1Cl. The smallest absolute Gasteiger partial charge is 0.115 e. The van der Waals surface area contributed by atoms with Gasteiger partial charge in [-0.2, -0.15) is 0 Å². The van der Waals surface area contributed by atoms with Crippen molar-refractivity contribution in [3.8, 4) is 0 Å². The maximum Gasteiger partial charge on any atom is 0.115 e. The molecular formula is C11H17ClN2OS. The Bertz CT molecular complexity index is 347. The minimum absolute atomic E-state index is 0.214. The molecule has 90 valence electrons. The van der Waals surface area contributed by atoms with Crippen molar-refractivity contribution >= 4 is 23.4 Å². The Morgan fingerprint density at radius 3 is 2.94 bits per heavy atom. The maximum absolute atomic E-state index is 9.85. The first-order chi connectivity index (χ1) is 7.44. The highest BCUT2D eigenvalue weighted by atomic mass is 35.5. The number of nitrogens with two attached hydrogens (primary N) is 1. The summed E-state index contributed by atoms with van der Waals surface area (Å²) < 4.78 is 0. The number of hydrogen-bond donors (Lipinski definition) is 2. The summed E-state index contributed by atoms with van der Waals surface area (Å²) in [6.45, 7) is 4.03. The van der Waals surface area contributed by atoms with Gasteiger partial charge in [0, 0.05) is 18.0 Å². The van der Waals surface area contributed by atoms with Crippen molar-refractivity contribution in [3.63, 3.8) is 0 Å². The Labute approximate surface area is 105 Å². The van der Waals surface area contributed by atoms with Gasteiger partial charge in [-0.1, -0.05) is 18.5 Å². The van der Waals surface area contributed by atoms with Crippen molar-refractivity contribution < 1.29 is 5.11 Å². The zero-order valence-corrected chi connectivity index (χ0v) is 11.1. The van der Waals surface area contributed by atoms with E-state index in [-0.39, 0.29) is 11.8 Å². The van der Waals surface area contributed by atoms with Gasteiger partial charge in [-0.3, -0.25) is 0 Å². The van der Waals surface area contributed by atoms with E-state index in [9.17, 15) is 5.11 Å². The van der Waals surface area contributed by atoms with Gasteiger partial charge in [-0.25, -0.2) is 4.98 Å². The van der Waals surface area contributed by atoms with Crippen LogP contribution in [0.2, 0.25) is 5.02 Å². The van der Waals surface area contributed by atoms with E-state index in [4.69, 9.17) is 17.3 Å². The van der Waals surface area contributed by atoms with Crippen LogP contribution in [-0.4, -0.2) is 27.5 Å². The summed E-state index contributed by atoms with van der Waals surface area (Å²) in [6, 6.07) is 3.61. The van der Waals surface area contributed by atoms with Gasteiger partial charge >= 0.3 is 0 Å². The van der Waals surface area contributed by atoms with E-state index in [0.29, 0.717) is 11.4 Å². The monoisotopic (exact) mass is 260 g/mol. The van der Waals surface area contributed by atoms with Gasteiger partial charge < -0.3 is 10.8 Å². The van der Waals surface area contributed by atoms with Crippen LogP contribution in [0.3, 0.4) is 0 Å². The van der Waals surface area contributed by atoms with Gasteiger partial charge in [0.15, 0.2) is 0 Å². The third-order valence-electron chi connectivity index (χ3n) is 2.20. The predicted octanol–water partition coefficient (Wildman–Crippen LogP) is 2.32. The number of nitrogens with zero attached hydrogens (tertiary/aromatic N) is 1. The fourth-order valence-electron chi connectivity index (χ4n) is 1.39. The molecule has 2 unspecified atom stereocenters. The van der Waals surface area contributed by atoms with Crippen LogP contribution in [0.1, 0.15) is 20.3 Å². The fourth-order valence-corrected chi connectivity index (χ4v) is 2.77. The van der Waals surface area contributed by atoms with E-state index in [1.807, 2.05) is 13.0 Å². The number of aliphatic hydroxyl groups is 1. The average molecular weight is 261 g/mol. The summed E-state index contributed by atoms with van der Waals surface area (Å²) in [7, 11) is 0. The van der Waals surface area contributed by atoms with Crippen LogP contribution in [-0.2, 0) is 0 Å². The molecule has 0 aromatic carbocycles. The van der Waals surface area contributed by atoms with E-state index in [0.717, 1.165) is 5.03 Å². The van der Waals surface area contributed by atoms with Crippen molar-refractivity contribution in [2.24, 2.45) is 5.73 Å². The van der Waals surface area contributed by atoms with Crippen molar-refractivity contribution in [3.05, 3.63) is 23.4 Å². The summed E-state index contributed by atoms with van der Waals surface area (Å²) >= 11 is 7.56. The second kappa shape index (κ2) is 5.87. The Morgan fingerprint density at radius 1 is 1.69 bits per heavy atom. The molecule has 0 saturated heterocycles. The third-order valence-corrected chi connectivity index (χ3v) is 3.74. The molecule has 5 heteroatoms. The van der Waals surface area contributed by atoms with Gasteiger partial charge in [0.2, 0.25) is 0 Å². The van der Waals surface area contributed by atoms with Gasteiger partial charge in [0.25, 0.3) is 0 Å². The first-order valence-electron chi connectivity index (χ1n) is 5.14. The van der Waals surface area contributed by atoms with Gasteiger partial charge in [-0.05, 0) is 25.5 Å². The Balaban J connectivity index is 2.58. The van der Waals surface area contributed by atoms with Crippen molar-refractivity contribution in [1.29, 1.82) is 0 Å². The molecule has 0 saturated carbocycles. The van der Waals surface area contributed by atoms with Crippen LogP contribution < -0.4 is 5.73 Å². The van der Waals surface area contributed by atoms with E-state index in [1.54, 1.807) is 30.9 Å². The number of rotatable bonds is 5. The lowest BCUT2D eigenvalue weighted by Crippen LogP contribution is -2.36. The summed E-state index contributed by atoms with van der Waals surface area (Å²) in [5, 5.41) is 11.5. The molecule has 3 N–H and O–H groups in total. The largest absolute Gasteiger partial charge is 0.389 e. The molecule has 0 spiro atoms. The summed E-state index contributed by atoms with van der Waals surface area (Å²) in [4.78, 5) is 4.19. The Kier molecular flexibility index (Phi) is 5.05. The Hall–Kier alpha value is -0.290. The van der Waals surface area contributed by atoms with Gasteiger partial charge in [0.05, 0.1) is 10.6 Å². The summed E-state index contributed by atoms with van der Waals surface area (Å²) in [5.41, 5.74) is 4.65. The molecule has 0 fully saturated rings. The molecule has 1 heterocycles. The van der Waals surface area contributed by atoms with Crippen molar-refractivity contribution in [2.75, 3.05) is 6.54 Å². The molecule has 0 amide bonds. The summed E-state index contributed by atoms with van der Waals surface area (Å²) in [5.74, 6) is 0. The first-order valence-corrected chi connectivity index (χ1v) is 6.40. The molecule has 2 atom stereocenters. The number of aromatic nitrogens is 1. The van der Waals surface area contributed by atoms with Crippen LogP contribution in [0.4, 0.5) is 0 Å². The molecule has 0 aliphatic carbocycles. The zero-order chi connectivity index (χ0) is 12.2. The molecule has 1 rings (SSSR count). The molecule has 0 aliphatic heterocycles. The lowest BCUT2D eigenvalue weighted by molar-refractivity contribution is 0.0608. The second-order valence-electron chi connectivity index (χ2n) is 4.12. The van der Waals surface area contributed by atoms with Crippen molar-refractivity contribution in [1.82, 2.24) is 4.98 Å². The number of hydrogen-bond acceptors (Lipinski definition) is 4. The van der Waals surface area contributed by atoms with Crippen LogP contribution >= 0.6 is 23.4 Å². The first kappa shape index (κ1) is 13.8. The molecule has 1 aromatic rings. The minimum Gasteiger partial charge on any atom is -0.389 e. The molecule has 16 heavy (non-hydrogen) atoms. The number of halogens is 1. The average Bonchev–Trinajstić information content (AvgIpc) is 2.21. The zero-order valence-electron chi connectivity index (χ0n) is 9.48. The maximum atomic E-state index is 9.85. The van der Waals surface area contributed by atoms with Crippen LogP contribution in [0.25, 0.3) is 0 Å². The summed E-state index contributed by atoms with van der Waals surface area (Å²) in [6.07, 6.45) is 2.32. The molecule has 3 nitrogen and oxygen atoms in total.